The van der Waals surface area contributed by atoms with Crippen LogP contribution in [0.4, 0.5) is 0 Å². The van der Waals surface area contributed by atoms with Gasteiger partial charge >= 0.3 is 5.97 Å². The zero-order valence-corrected chi connectivity index (χ0v) is 13.3. The first-order valence-corrected chi connectivity index (χ1v) is 8.80. The van der Waals surface area contributed by atoms with Crippen molar-refractivity contribution in [1.82, 2.24) is 4.31 Å². The summed E-state index contributed by atoms with van der Waals surface area (Å²) in [5.41, 5.74) is 1.01. The summed E-state index contributed by atoms with van der Waals surface area (Å²) in [6.45, 7) is 0.320. The average Bonchev–Trinajstić information content (AvgIpc) is 2.98. The quantitative estimate of drug-likeness (QED) is 0.807. The third-order valence-electron chi connectivity index (χ3n) is 3.93. The molecule has 0 aromatic heterocycles. The third-order valence-corrected chi connectivity index (χ3v) is 5.84. The van der Waals surface area contributed by atoms with Crippen LogP contribution in [0.25, 0.3) is 0 Å². The van der Waals surface area contributed by atoms with E-state index >= 15 is 0 Å². The highest BCUT2D eigenvalue weighted by atomic mass is 32.2. The first-order chi connectivity index (χ1) is 10.4. The molecule has 6 nitrogen and oxygen atoms in total. The molecule has 1 N–H and O–H groups in total. The summed E-state index contributed by atoms with van der Waals surface area (Å²) >= 11 is 0. The van der Waals surface area contributed by atoms with Gasteiger partial charge in [-0.1, -0.05) is 30.3 Å². The Kier molecular flexibility index (Phi) is 5.55. The molecule has 0 aliphatic carbocycles. The summed E-state index contributed by atoms with van der Waals surface area (Å²) in [5.74, 6) is -1.68. The summed E-state index contributed by atoms with van der Waals surface area (Å²) in [6, 6.07) is 9.55. The Morgan fingerprint density at radius 1 is 1.41 bits per heavy atom. The standard InChI is InChI=1S/C15H21NO5S/c1-21-14(9-12-5-3-2-4-6-12)11-22(19,20)16-8-7-13(10-16)15(17)18/h2-6,13-14H,7-11H2,1H3,(H,17,18). The minimum absolute atomic E-state index is 0.0550. The molecule has 1 aliphatic heterocycles. The number of carboxylic acid groups (broad SMARTS) is 1. The molecule has 1 aromatic carbocycles. The molecule has 0 saturated carbocycles. The number of rotatable bonds is 7. The first-order valence-electron chi connectivity index (χ1n) is 7.19. The molecule has 2 atom stereocenters. The molecular formula is C15H21NO5S. The van der Waals surface area contributed by atoms with E-state index in [-0.39, 0.29) is 18.8 Å². The highest BCUT2D eigenvalue weighted by Gasteiger charge is 2.36. The van der Waals surface area contributed by atoms with E-state index < -0.39 is 28.0 Å². The fourth-order valence-corrected chi connectivity index (χ4v) is 4.34. The number of ether oxygens (including phenoxy) is 1. The zero-order chi connectivity index (χ0) is 16.2. The Labute approximate surface area is 130 Å². The molecule has 1 saturated heterocycles. The van der Waals surface area contributed by atoms with Gasteiger partial charge in [0.1, 0.15) is 0 Å². The van der Waals surface area contributed by atoms with Gasteiger partial charge in [0.15, 0.2) is 0 Å². The number of benzene rings is 1. The average molecular weight is 327 g/mol. The number of aliphatic carboxylic acids is 1. The molecule has 7 heteroatoms. The molecule has 2 unspecified atom stereocenters. The van der Waals surface area contributed by atoms with Crippen LogP contribution in [0.5, 0.6) is 0 Å². The second-order valence-electron chi connectivity index (χ2n) is 5.51. The van der Waals surface area contributed by atoms with E-state index in [4.69, 9.17) is 9.84 Å². The van der Waals surface area contributed by atoms with Gasteiger partial charge in [0, 0.05) is 20.2 Å². The van der Waals surface area contributed by atoms with Crippen molar-refractivity contribution in [2.45, 2.75) is 18.9 Å². The van der Waals surface area contributed by atoms with Gasteiger partial charge in [-0.05, 0) is 18.4 Å². The van der Waals surface area contributed by atoms with Gasteiger partial charge in [-0.15, -0.1) is 0 Å². The Morgan fingerprint density at radius 2 is 2.09 bits per heavy atom. The number of carboxylic acids is 1. The highest BCUT2D eigenvalue weighted by Crippen LogP contribution is 2.21. The predicted octanol–water partition coefficient (Wildman–Crippen LogP) is 0.980. The highest BCUT2D eigenvalue weighted by molar-refractivity contribution is 7.89. The molecule has 0 radical (unpaired) electrons. The number of nitrogens with zero attached hydrogens (tertiary/aromatic N) is 1. The molecule has 2 rings (SSSR count). The van der Waals surface area contributed by atoms with Crippen LogP contribution in [-0.4, -0.2) is 55.9 Å². The fourth-order valence-electron chi connectivity index (χ4n) is 2.61. The number of sulfonamides is 1. The SMILES string of the molecule is COC(Cc1ccccc1)CS(=O)(=O)N1CCC(C(=O)O)C1. The maximum Gasteiger partial charge on any atom is 0.307 e. The molecule has 122 valence electrons. The molecule has 1 aliphatic rings. The predicted molar refractivity (Wildman–Crippen MR) is 82.0 cm³/mol. The van der Waals surface area contributed by atoms with Crippen molar-refractivity contribution in [3.05, 3.63) is 35.9 Å². The number of hydrogen-bond donors (Lipinski definition) is 1. The maximum absolute atomic E-state index is 12.4. The topological polar surface area (TPSA) is 83.9 Å². The van der Waals surface area contributed by atoms with E-state index in [1.54, 1.807) is 0 Å². The summed E-state index contributed by atoms with van der Waals surface area (Å²) in [6.07, 6.45) is 0.425. The van der Waals surface area contributed by atoms with Gasteiger partial charge in [0.25, 0.3) is 0 Å². The second kappa shape index (κ2) is 7.21. The molecule has 22 heavy (non-hydrogen) atoms. The monoisotopic (exact) mass is 327 g/mol. The van der Waals surface area contributed by atoms with Crippen molar-refractivity contribution in [1.29, 1.82) is 0 Å². The Balaban J connectivity index is 1.99. The van der Waals surface area contributed by atoms with Gasteiger partial charge < -0.3 is 9.84 Å². The number of methoxy groups -OCH3 is 1. The van der Waals surface area contributed by atoms with Crippen molar-refractivity contribution in [3.63, 3.8) is 0 Å². The molecule has 1 heterocycles. The van der Waals surface area contributed by atoms with Gasteiger partial charge in [-0.2, -0.15) is 0 Å². The lowest BCUT2D eigenvalue weighted by atomic mass is 10.1. The second-order valence-corrected chi connectivity index (χ2v) is 7.52. The van der Waals surface area contributed by atoms with Crippen LogP contribution < -0.4 is 0 Å². The Bertz CT molecular complexity index is 602. The van der Waals surface area contributed by atoms with Gasteiger partial charge in [0.05, 0.1) is 17.8 Å². The molecule has 1 fully saturated rings. The lowest BCUT2D eigenvalue weighted by molar-refractivity contribution is -0.141. The van der Waals surface area contributed by atoms with E-state index in [0.717, 1.165) is 5.56 Å². The Hall–Kier alpha value is -1.44. The summed E-state index contributed by atoms with van der Waals surface area (Å²) in [7, 11) is -2.02. The lowest BCUT2D eigenvalue weighted by Crippen LogP contribution is -2.37. The van der Waals surface area contributed by atoms with Crippen molar-refractivity contribution in [2.24, 2.45) is 5.92 Å². The van der Waals surface area contributed by atoms with Crippen molar-refractivity contribution in [3.8, 4) is 0 Å². The smallest absolute Gasteiger partial charge is 0.307 e. The van der Waals surface area contributed by atoms with Crippen LogP contribution in [-0.2, 0) is 26.0 Å². The van der Waals surface area contributed by atoms with Crippen LogP contribution >= 0.6 is 0 Å². The molecule has 1 aromatic rings. The first kappa shape index (κ1) is 16.9. The van der Waals surface area contributed by atoms with Gasteiger partial charge in [-0.3, -0.25) is 4.79 Å². The molecular weight excluding hydrogens is 306 g/mol. The number of hydrogen-bond acceptors (Lipinski definition) is 4. The molecule has 0 spiro atoms. The minimum Gasteiger partial charge on any atom is -0.481 e. The maximum atomic E-state index is 12.4. The van der Waals surface area contributed by atoms with Crippen LogP contribution in [0.3, 0.4) is 0 Å². The van der Waals surface area contributed by atoms with E-state index in [0.29, 0.717) is 12.8 Å². The largest absolute Gasteiger partial charge is 0.481 e. The van der Waals surface area contributed by atoms with Crippen LogP contribution in [0.15, 0.2) is 30.3 Å². The minimum atomic E-state index is -3.51. The molecule has 0 amide bonds. The van der Waals surface area contributed by atoms with Crippen LogP contribution in [0, 0.1) is 5.92 Å². The summed E-state index contributed by atoms with van der Waals surface area (Å²) in [5, 5.41) is 8.97. The van der Waals surface area contributed by atoms with E-state index in [1.807, 2.05) is 30.3 Å². The van der Waals surface area contributed by atoms with Crippen LogP contribution in [0.1, 0.15) is 12.0 Å². The third kappa shape index (κ3) is 4.28. The summed E-state index contributed by atoms with van der Waals surface area (Å²) < 4.78 is 31.4. The number of carbonyl (C=O) groups is 1. The van der Waals surface area contributed by atoms with Gasteiger partial charge in [-0.25, -0.2) is 12.7 Å². The zero-order valence-electron chi connectivity index (χ0n) is 12.5. The van der Waals surface area contributed by atoms with Gasteiger partial charge in [0.2, 0.25) is 10.0 Å². The summed E-state index contributed by atoms with van der Waals surface area (Å²) in [4.78, 5) is 10.9. The Morgan fingerprint density at radius 3 is 2.64 bits per heavy atom. The van der Waals surface area contributed by atoms with Crippen molar-refractivity contribution >= 4 is 16.0 Å². The normalized spacial score (nSPS) is 20.9. The van der Waals surface area contributed by atoms with E-state index in [2.05, 4.69) is 0 Å². The van der Waals surface area contributed by atoms with Crippen molar-refractivity contribution in [2.75, 3.05) is 26.0 Å². The molecule has 0 bridgehead atoms. The fraction of sp³-hybridized carbons (Fsp3) is 0.533. The van der Waals surface area contributed by atoms with Crippen LogP contribution in [0.2, 0.25) is 0 Å². The van der Waals surface area contributed by atoms with Crippen molar-refractivity contribution < 1.29 is 23.1 Å². The van der Waals surface area contributed by atoms with E-state index in [1.165, 1.54) is 11.4 Å². The van der Waals surface area contributed by atoms with E-state index in [9.17, 15) is 13.2 Å². The lowest BCUT2D eigenvalue weighted by Gasteiger charge is -2.21.